The minimum Gasteiger partial charge on any atom is -0.492 e. The molecule has 0 bridgehead atoms. The smallest absolute Gasteiger partial charge is 0.417 e. The summed E-state index contributed by atoms with van der Waals surface area (Å²) in [5.74, 6) is 0.734. The highest BCUT2D eigenvalue weighted by molar-refractivity contribution is 14.1. The maximum atomic E-state index is 13.9. The van der Waals surface area contributed by atoms with E-state index in [9.17, 15) is 13.2 Å². The minimum atomic E-state index is -4.55. The van der Waals surface area contributed by atoms with Crippen molar-refractivity contribution in [2.75, 3.05) is 38.6 Å². The fraction of sp³-hybridized carbons (Fsp3) is 0.381. The number of aromatic nitrogens is 3. The number of nitrogens with zero attached hydrogens (tertiary/aromatic N) is 4. The lowest BCUT2D eigenvalue weighted by molar-refractivity contribution is -0.137. The molecule has 1 fully saturated rings. The number of halogens is 4. The molecular formula is C21H21F3IN5O. The molecule has 1 aliphatic heterocycles. The Balaban J connectivity index is 1.76. The highest BCUT2D eigenvalue weighted by Gasteiger charge is 2.35. The first kappa shape index (κ1) is 22.0. The summed E-state index contributed by atoms with van der Waals surface area (Å²) in [5.41, 5.74) is -0.372. The average Bonchev–Trinajstić information content (AvgIpc) is 3.25. The van der Waals surface area contributed by atoms with Crippen LogP contribution < -0.4 is 10.1 Å². The Morgan fingerprint density at radius 1 is 1.10 bits per heavy atom. The van der Waals surface area contributed by atoms with Crippen molar-refractivity contribution >= 4 is 39.4 Å². The molecule has 0 radical (unpaired) electrons. The van der Waals surface area contributed by atoms with Gasteiger partial charge >= 0.3 is 6.18 Å². The van der Waals surface area contributed by atoms with Crippen molar-refractivity contribution < 1.29 is 17.9 Å². The van der Waals surface area contributed by atoms with Gasteiger partial charge in [0.25, 0.3) is 0 Å². The van der Waals surface area contributed by atoms with Gasteiger partial charge in [0.2, 0.25) is 0 Å². The molecule has 0 spiro atoms. The first-order valence-electron chi connectivity index (χ1n) is 9.94. The molecule has 1 saturated heterocycles. The van der Waals surface area contributed by atoms with Gasteiger partial charge < -0.3 is 10.1 Å². The first-order chi connectivity index (χ1) is 14.9. The minimum absolute atomic E-state index is 0.0713. The molecule has 31 heavy (non-hydrogen) atoms. The van der Waals surface area contributed by atoms with Gasteiger partial charge in [0.15, 0.2) is 9.48 Å². The van der Waals surface area contributed by atoms with Crippen molar-refractivity contribution in [1.29, 1.82) is 0 Å². The second-order valence-corrected chi connectivity index (χ2v) is 8.20. The predicted molar refractivity (Wildman–Crippen MR) is 121 cm³/mol. The van der Waals surface area contributed by atoms with Crippen molar-refractivity contribution in [3.05, 3.63) is 39.7 Å². The van der Waals surface area contributed by atoms with E-state index in [1.165, 1.54) is 6.07 Å². The van der Waals surface area contributed by atoms with Crippen LogP contribution in [0.2, 0.25) is 0 Å². The molecule has 0 aliphatic carbocycles. The molecular weight excluding hydrogens is 522 g/mol. The molecule has 2 aromatic heterocycles. The maximum Gasteiger partial charge on any atom is 0.417 e. The van der Waals surface area contributed by atoms with E-state index in [1.54, 1.807) is 25.2 Å². The number of likely N-dealkylation sites (tertiary alicyclic amines) is 1. The van der Waals surface area contributed by atoms with Gasteiger partial charge in [-0.2, -0.15) is 13.2 Å². The lowest BCUT2D eigenvalue weighted by Gasteiger charge is -2.19. The van der Waals surface area contributed by atoms with Crippen LogP contribution in [0.15, 0.2) is 30.3 Å². The first-order valence-corrected chi connectivity index (χ1v) is 11.0. The van der Waals surface area contributed by atoms with Crippen molar-refractivity contribution in [2.45, 2.75) is 19.0 Å². The fourth-order valence-corrected chi connectivity index (χ4v) is 4.23. The summed E-state index contributed by atoms with van der Waals surface area (Å²) < 4.78 is 47.8. The fourth-order valence-electron chi connectivity index (χ4n) is 3.76. The number of benzene rings is 1. The average molecular weight is 543 g/mol. The Morgan fingerprint density at radius 2 is 1.87 bits per heavy atom. The van der Waals surface area contributed by atoms with Gasteiger partial charge in [-0.3, -0.25) is 4.90 Å². The van der Waals surface area contributed by atoms with Crippen LogP contribution in [0.4, 0.5) is 19.0 Å². The van der Waals surface area contributed by atoms with Crippen molar-refractivity contribution in [3.8, 4) is 17.0 Å². The third kappa shape index (κ3) is 4.84. The Kier molecular flexibility index (Phi) is 6.47. The topological polar surface area (TPSA) is 63.2 Å². The summed E-state index contributed by atoms with van der Waals surface area (Å²) in [7, 11) is 1.72. The number of alkyl halides is 3. The zero-order valence-electron chi connectivity index (χ0n) is 16.8. The number of hydrogen-bond donors (Lipinski definition) is 1. The molecule has 164 valence electrons. The zero-order valence-corrected chi connectivity index (χ0v) is 19.0. The molecule has 0 amide bonds. The standard InChI is InChI=1S/C21H21F3IN5O/c1-26-18-13-7-8-15(27-19(13)29-20(25)28-18)17-14(21(22,23)24)5-4-6-16(17)31-12-11-30-9-2-3-10-30/h4-8H,2-3,9-12H2,1H3,(H,26,27,28,29). The Bertz CT molecular complexity index is 1090. The molecule has 10 heteroatoms. The largest absolute Gasteiger partial charge is 0.492 e. The summed E-state index contributed by atoms with van der Waals surface area (Å²) in [6.07, 6.45) is -2.26. The van der Waals surface area contributed by atoms with Gasteiger partial charge in [-0.1, -0.05) is 6.07 Å². The van der Waals surface area contributed by atoms with Crippen LogP contribution in [0.25, 0.3) is 22.3 Å². The van der Waals surface area contributed by atoms with Crippen molar-refractivity contribution in [1.82, 2.24) is 19.9 Å². The highest BCUT2D eigenvalue weighted by Crippen LogP contribution is 2.42. The van der Waals surface area contributed by atoms with E-state index in [4.69, 9.17) is 4.74 Å². The van der Waals surface area contributed by atoms with E-state index in [1.807, 2.05) is 22.6 Å². The molecule has 1 aliphatic rings. The van der Waals surface area contributed by atoms with E-state index in [-0.39, 0.29) is 17.0 Å². The molecule has 0 saturated carbocycles. The molecule has 3 heterocycles. The Morgan fingerprint density at radius 3 is 2.58 bits per heavy atom. The van der Waals surface area contributed by atoms with Crippen LogP contribution in [0.3, 0.4) is 0 Å². The molecule has 4 rings (SSSR count). The van der Waals surface area contributed by atoms with Gasteiger partial charge in [-0.25, -0.2) is 15.0 Å². The Labute approximate surface area is 191 Å². The van der Waals surface area contributed by atoms with Crippen LogP contribution in [0, 0.1) is 3.83 Å². The second-order valence-electron chi connectivity index (χ2n) is 7.23. The molecule has 0 unspecified atom stereocenters. The number of pyridine rings is 1. The van der Waals surface area contributed by atoms with E-state index in [0.717, 1.165) is 32.0 Å². The third-order valence-electron chi connectivity index (χ3n) is 5.22. The number of rotatable bonds is 6. The number of anilines is 1. The molecule has 1 N–H and O–H groups in total. The van der Waals surface area contributed by atoms with Gasteiger partial charge in [0.05, 0.1) is 22.2 Å². The van der Waals surface area contributed by atoms with Gasteiger partial charge in [0, 0.05) is 36.2 Å². The number of nitrogens with one attached hydrogen (secondary N) is 1. The summed E-state index contributed by atoms with van der Waals surface area (Å²) in [4.78, 5) is 15.3. The molecule has 3 aromatic rings. The van der Waals surface area contributed by atoms with Crippen molar-refractivity contribution in [3.63, 3.8) is 0 Å². The van der Waals surface area contributed by atoms with Crippen LogP contribution in [-0.4, -0.2) is 53.1 Å². The van der Waals surface area contributed by atoms with E-state index < -0.39 is 11.7 Å². The monoisotopic (exact) mass is 543 g/mol. The summed E-state index contributed by atoms with van der Waals surface area (Å²) in [6, 6.07) is 7.21. The number of fused-ring (bicyclic) bond motifs is 1. The van der Waals surface area contributed by atoms with Crippen LogP contribution in [0.5, 0.6) is 5.75 Å². The lowest BCUT2D eigenvalue weighted by Crippen LogP contribution is -2.25. The van der Waals surface area contributed by atoms with E-state index >= 15 is 0 Å². The third-order valence-corrected chi connectivity index (χ3v) is 5.70. The predicted octanol–water partition coefficient (Wildman–Crippen LogP) is 4.83. The Hall–Kier alpha value is -2.21. The lowest BCUT2D eigenvalue weighted by atomic mass is 10.0. The SMILES string of the molecule is CNc1nc(I)nc2nc(-c3c(OCCN4CCCC4)cccc3C(F)(F)F)ccc12. The van der Waals surface area contributed by atoms with E-state index in [2.05, 4.69) is 25.2 Å². The van der Waals surface area contributed by atoms with Crippen LogP contribution >= 0.6 is 22.6 Å². The highest BCUT2D eigenvalue weighted by atomic mass is 127. The van der Waals surface area contributed by atoms with Crippen LogP contribution in [0.1, 0.15) is 18.4 Å². The number of ether oxygens (including phenoxy) is 1. The molecule has 6 nitrogen and oxygen atoms in total. The summed E-state index contributed by atoms with van der Waals surface area (Å²) in [6.45, 7) is 2.98. The molecule has 1 aromatic carbocycles. The quantitative estimate of drug-likeness (QED) is 0.355. The second kappa shape index (κ2) is 9.11. The van der Waals surface area contributed by atoms with Gasteiger partial charge in [0.1, 0.15) is 18.2 Å². The summed E-state index contributed by atoms with van der Waals surface area (Å²) in [5, 5.41) is 3.60. The normalized spacial score (nSPS) is 14.9. The number of hydrogen-bond acceptors (Lipinski definition) is 6. The summed E-state index contributed by atoms with van der Waals surface area (Å²) >= 11 is 1.95. The van der Waals surface area contributed by atoms with E-state index in [0.29, 0.717) is 33.8 Å². The van der Waals surface area contributed by atoms with Gasteiger partial charge in [-0.05, 0) is 50.2 Å². The maximum absolute atomic E-state index is 13.9. The zero-order chi connectivity index (χ0) is 22.0. The van der Waals surface area contributed by atoms with Crippen LogP contribution in [-0.2, 0) is 6.18 Å². The molecule has 0 atom stereocenters. The van der Waals surface area contributed by atoms with Gasteiger partial charge in [-0.15, -0.1) is 0 Å². The van der Waals surface area contributed by atoms with Crippen molar-refractivity contribution in [2.24, 2.45) is 0 Å².